The van der Waals surface area contributed by atoms with Gasteiger partial charge in [0.05, 0.1) is 11.0 Å². The number of phenols is 1. The lowest BCUT2D eigenvalue weighted by atomic mass is 10.1. The Kier molecular flexibility index (Phi) is 4.30. The van der Waals surface area contributed by atoms with Gasteiger partial charge in [-0.15, -0.1) is 0 Å². The molecule has 4 rings (SSSR count). The van der Waals surface area contributed by atoms with Gasteiger partial charge < -0.3 is 10.4 Å². The summed E-state index contributed by atoms with van der Waals surface area (Å²) >= 11 is 0. The molecule has 134 valence electrons. The van der Waals surface area contributed by atoms with Gasteiger partial charge in [-0.25, -0.2) is 9.97 Å². The first-order chi connectivity index (χ1) is 13.1. The SMILES string of the molecule is Cc1c(O)cccc1C(=O)NCc1cccnc1-n1cnc2ccccc21. The van der Waals surface area contributed by atoms with E-state index in [4.69, 9.17) is 0 Å². The number of amides is 1. The van der Waals surface area contributed by atoms with Gasteiger partial charge in [0.25, 0.3) is 5.91 Å². The summed E-state index contributed by atoms with van der Waals surface area (Å²) in [6, 6.07) is 16.5. The molecule has 0 radical (unpaired) electrons. The average Bonchev–Trinajstić information content (AvgIpc) is 3.12. The number of benzene rings is 2. The van der Waals surface area contributed by atoms with Crippen molar-refractivity contribution in [1.82, 2.24) is 19.9 Å². The number of para-hydroxylation sites is 2. The van der Waals surface area contributed by atoms with E-state index in [9.17, 15) is 9.90 Å². The number of carbonyl (C=O) groups is 1. The van der Waals surface area contributed by atoms with Crippen LogP contribution in [-0.4, -0.2) is 25.5 Å². The zero-order valence-electron chi connectivity index (χ0n) is 14.8. The van der Waals surface area contributed by atoms with Crippen molar-refractivity contribution in [3.63, 3.8) is 0 Å². The maximum absolute atomic E-state index is 12.5. The van der Waals surface area contributed by atoms with Crippen molar-refractivity contribution in [1.29, 1.82) is 0 Å². The summed E-state index contributed by atoms with van der Waals surface area (Å²) < 4.78 is 1.91. The molecule has 6 heteroatoms. The molecule has 0 aliphatic rings. The molecule has 2 heterocycles. The van der Waals surface area contributed by atoms with Crippen LogP contribution in [0.4, 0.5) is 0 Å². The van der Waals surface area contributed by atoms with E-state index in [1.165, 1.54) is 0 Å². The summed E-state index contributed by atoms with van der Waals surface area (Å²) in [5.74, 6) is 0.586. The van der Waals surface area contributed by atoms with E-state index >= 15 is 0 Å². The predicted octanol–water partition coefficient (Wildman–Crippen LogP) is 3.36. The fraction of sp³-hybridized carbons (Fsp3) is 0.0952. The van der Waals surface area contributed by atoms with Crippen molar-refractivity contribution >= 4 is 16.9 Å². The summed E-state index contributed by atoms with van der Waals surface area (Å²) in [5, 5.41) is 12.7. The van der Waals surface area contributed by atoms with Crippen molar-refractivity contribution in [2.24, 2.45) is 0 Å². The third kappa shape index (κ3) is 3.13. The van der Waals surface area contributed by atoms with Gasteiger partial charge in [0.1, 0.15) is 17.9 Å². The minimum atomic E-state index is -0.242. The molecule has 0 saturated heterocycles. The Morgan fingerprint density at radius 2 is 1.93 bits per heavy atom. The third-order valence-electron chi connectivity index (χ3n) is 4.54. The molecule has 2 N–H and O–H groups in total. The number of carbonyl (C=O) groups excluding carboxylic acids is 1. The summed E-state index contributed by atoms with van der Waals surface area (Å²) in [6.45, 7) is 2.03. The van der Waals surface area contributed by atoms with E-state index in [1.807, 2.05) is 41.0 Å². The van der Waals surface area contributed by atoms with Crippen molar-refractivity contribution < 1.29 is 9.90 Å². The largest absolute Gasteiger partial charge is 0.508 e. The predicted molar refractivity (Wildman–Crippen MR) is 103 cm³/mol. The zero-order chi connectivity index (χ0) is 18.8. The van der Waals surface area contributed by atoms with Crippen LogP contribution >= 0.6 is 0 Å². The van der Waals surface area contributed by atoms with Gasteiger partial charge in [0.15, 0.2) is 0 Å². The molecule has 27 heavy (non-hydrogen) atoms. The fourth-order valence-electron chi connectivity index (χ4n) is 3.05. The highest BCUT2D eigenvalue weighted by Crippen LogP contribution is 2.21. The van der Waals surface area contributed by atoms with Crippen LogP contribution in [0.25, 0.3) is 16.9 Å². The summed E-state index contributed by atoms with van der Waals surface area (Å²) in [4.78, 5) is 21.4. The monoisotopic (exact) mass is 358 g/mol. The fourth-order valence-corrected chi connectivity index (χ4v) is 3.05. The summed E-state index contributed by atoms with van der Waals surface area (Å²) in [7, 11) is 0. The second-order valence-corrected chi connectivity index (χ2v) is 6.22. The molecule has 0 fully saturated rings. The number of fused-ring (bicyclic) bond motifs is 1. The lowest BCUT2D eigenvalue weighted by molar-refractivity contribution is 0.0950. The Morgan fingerprint density at radius 1 is 1.07 bits per heavy atom. The number of nitrogens with zero attached hydrogens (tertiary/aromatic N) is 3. The average molecular weight is 358 g/mol. The second kappa shape index (κ2) is 6.92. The van der Waals surface area contributed by atoms with Crippen LogP contribution in [0.5, 0.6) is 5.75 Å². The molecule has 0 unspecified atom stereocenters. The maximum Gasteiger partial charge on any atom is 0.251 e. The first-order valence-corrected chi connectivity index (χ1v) is 8.58. The van der Waals surface area contributed by atoms with Gasteiger partial charge in [0, 0.05) is 29.4 Å². The zero-order valence-corrected chi connectivity index (χ0v) is 14.8. The lowest BCUT2D eigenvalue weighted by Gasteiger charge is -2.12. The van der Waals surface area contributed by atoms with Crippen LogP contribution in [0.15, 0.2) is 67.1 Å². The van der Waals surface area contributed by atoms with Gasteiger partial charge in [-0.1, -0.05) is 24.3 Å². The van der Waals surface area contributed by atoms with Gasteiger partial charge >= 0.3 is 0 Å². The highest BCUT2D eigenvalue weighted by Gasteiger charge is 2.14. The van der Waals surface area contributed by atoms with Crippen molar-refractivity contribution in [3.05, 3.63) is 83.8 Å². The van der Waals surface area contributed by atoms with Crippen molar-refractivity contribution in [2.75, 3.05) is 0 Å². The Hall–Kier alpha value is -3.67. The topological polar surface area (TPSA) is 80.0 Å². The minimum absolute atomic E-state index is 0.106. The summed E-state index contributed by atoms with van der Waals surface area (Å²) in [6.07, 6.45) is 3.45. The molecule has 0 bridgehead atoms. The quantitative estimate of drug-likeness (QED) is 0.586. The molecule has 0 saturated carbocycles. The first kappa shape index (κ1) is 16.8. The van der Waals surface area contributed by atoms with Crippen LogP contribution in [0, 0.1) is 6.92 Å². The van der Waals surface area contributed by atoms with Gasteiger partial charge in [-0.3, -0.25) is 9.36 Å². The van der Waals surface area contributed by atoms with Crippen LogP contribution in [0.2, 0.25) is 0 Å². The van der Waals surface area contributed by atoms with Crippen LogP contribution in [0.1, 0.15) is 21.5 Å². The maximum atomic E-state index is 12.5. The smallest absolute Gasteiger partial charge is 0.251 e. The highest BCUT2D eigenvalue weighted by atomic mass is 16.3. The number of rotatable bonds is 4. The molecule has 6 nitrogen and oxygen atoms in total. The van der Waals surface area contributed by atoms with E-state index in [1.54, 1.807) is 37.6 Å². The Morgan fingerprint density at radius 3 is 2.81 bits per heavy atom. The number of pyridine rings is 1. The van der Waals surface area contributed by atoms with Crippen LogP contribution < -0.4 is 5.32 Å². The number of imidazole rings is 1. The first-order valence-electron chi connectivity index (χ1n) is 8.58. The lowest BCUT2D eigenvalue weighted by Crippen LogP contribution is -2.24. The van der Waals surface area contributed by atoms with E-state index in [2.05, 4.69) is 15.3 Å². The summed E-state index contributed by atoms with van der Waals surface area (Å²) in [5.41, 5.74) is 3.71. The second-order valence-electron chi connectivity index (χ2n) is 6.22. The Balaban J connectivity index is 1.62. The number of aromatic nitrogens is 3. The van der Waals surface area contributed by atoms with Crippen LogP contribution in [0.3, 0.4) is 0 Å². The number of nitrogens with one attached hydrogen (secondary N) is 1. The normalized spacial score (nSPS) is 10.9. The molecular weight excluding hydrogens is 340 g/mol. The molecule has 1 amide bonds. The molecular formula is C21H18N4O2. The Labute approximate surface area is 156 Å². The number of hydrogen-bond donors (Lipinski definition) is 2. The minimum Gasteiger partial charge on any atom is -0.508 e. The van der Waals surface area contributed by atoms with E-state index in [0.29, 0.717) is 17.7 Å². The molecule has 0 spiro atoms. The van der Waals surface area contributed by atoms with E-state index < -0.39 is 0 Å². The van der Waals surface area contributed by atoms with E-state index in [-0.39, 0.29) is 11.7 Å². The third-order valence-corrected chi connectivity index (χ3v) is 4.54. The van der Waals surface area contributed by atoms with Gasteiger partial charge in [0.2, 0.25) is 0 Å². The number of phenolic OH excluding ortho intramolecular Hbond substituents is 1. The Bertz CT molecular complexity index is 1130. The number of hydrogen-bond acceptors (Lipinski definition) is 4. The molecule has 0 atom stereocenters. The molecule has 2 aromatic heterocycles. The van der Waals surface area contributed by atoms with Crippen LogP contribution in [-0.2, 0) is 6.54 Å². The molecule has 4 aromatic rings. The standard InChI is InChI=1S/C21H18N4O2/c1-14-16(7-4-10-19(14)26)21(27)23-12-15-6-5-11-22-20(15)25-13-24-17-8-2-3-9-18(17)25/h2-11,13,26H,12H2,1H3,(H,23,27). The van der Waals surface area contributed by atoms with E-state index in [0.717, 1.165) is 22.4 Å². The van der Waals surface area contributed by atoms with Crippen molar-refractivity contribution in [3.8, 4) is 11.6 Å². The highest BCUT2D eigenvalue weighted by molar-refractivity contribution is 5.96. The number of aromatic hydroxyl groups is 1. The van der Waals surface area contributed by atoms with Gasteiger partial charge in [-0.05, 0) is 37.3 Å². The molecule has 2 aromatic carbocycles. The van der Waals surface area contributed by atoms with Gasteiger partial charge in [-0.2, -0.15) is 0 Å². The molecule has 0 aliphatic carbocycles. The van der Waals surface area contributed by atoms with Crippen molar-refractivity contribution in [2.45, 2.75) is 13.5 Å². The molecule has 0 aliphatic heterocycles.